The normalized spacial score (nSPS) is 10.3. The Labute approximate surface area is 114 Å². The Morgan fingerprint density at radius 3 is 2.79 bits per heavy atom. The minimum absolute atomic E-state index is 0.0937. The van der Waals surface area contributed by atoms with Crippen LogP contribution in [0.3, 0.4) is 0 Å². The molecule has 0 bridgehead atoms. The Balaban J connectivity index is 2.31. The fraction of sp³-hybridized carbons (Fsp3) is 0.333. The van der Waals surface area contributed by atoms with Gasteiger partial charge in [0.05, 0.1) is 18.9 Å². The quantitative estimate of drug-likeness (QED) is 0.822. The first-order valence-electron chi connectivity index (χ1n) is 5.75. The first kappa shape index (κ1) is 13.4. The zero-order valence-electron chi connectivity index (χ0n) is 10.9. The average molecular weight is 281 g/mol. The van der Waals surface area contributed by atoms with Gasteiger partial charge in [-0.3, -0.25) is 15.6 Å². The monoisotopic (exact) mass is 281 g/mol. The SMILES string of the molecule is CCC(=O)NNc1nc2c(OC)cc(OC)cc2s1. The lowest BCUT2D eigenvalue weighted by Crippen LogP contribution is -2.28. The van der Waals surface area contributed by atoms with E-state index in [0.29, 0.717) is 23.1 Å². The third kappa shape index (κ3) is 2.87. The number of hydrogen-bond donors (Lipinski definition) is 2. The Morgan fingerprint density at radius 1 is 1.37 bits per heavy atom. The molecule has 0 saturated heterocycles. The average Bonchev–Trinajstić information content (AvgIpc) is 2.86. The van der Waals surface area contributed by atoms with E-state index in [0.717, 1.165) is 10.2 Å². The molecule has 0 atom stereocenters. The van der Waals surface area contributed by atoms with Crippen molar-refractivity contribution >= 4 is 32.6 Å². The van der Waals surface area contributed by atoms with E-state index in [1.165, 1.54) is 11.3 Å². The highest BCUT2D eigenvalue weighted by Crippen LogP contribution is 2.35. The predicted molar refractivity (Wildman–Crippen MR) is 74.8 cm³/mol. The number of fused-ring (bicyclic) bond motifs is 1. The minimum atomic E-state index is -0.0937. The Morgan fingerprint density at radius 2 is 2.16 bits per heavy atom. The number of carbonyl (C=O) groups excluding carboxylic acids is 1. The largest absolute Gasteiger partial charge is 0.497 e. The molecule has 0 spiro atoms. The molecule has 2 rings (SSSR count). The number of amides is 1. The van der Waals surface area contributed by atoms with Crippen molar-refractivity contribution in [2.75, 3.05) is 19.6 Å². The fourth-order valence-electron chi connectivity index (χ4n) is 1.51. The van der Waals surface area contributed by atoms with Gasteiger partial charge in [-0.05, 0) is 6.07 Å². The van der Waals surface area contributed by atoms with Crippen molar-refractivity contribution in [3.8, 4) is 11.5 Å². The van der Waals surface area contributed by atoms with Gasteiger partial charge < -0.3 is 9.47 Å². The van der Waals surface area contributed by atoms with Gasteiger partial charge in [0.15, 0.2) is 0 Å². The van der Waals surface area contributed by atoms with Crippen LogP contribution in [0.1, 0.15) is 13.3 Å². The summed E-state index contributed by atoms with van der Waals surface area (Å²) in [7, 11) is 3.18. The molecule has 0 aliphatic rings. The van der Waals surface area contributed by atoms with E-state index in [2.05, 4.69) is 15.8 Å². The van der Waals surface area contributed by atoms with Gasteiger partial charge in [-0.25, -0.2) is 4.98 Å². The summed E-state index contributed by atoms with van der Waals surface area (Å²) in [6.45, 7) is 1.78. The molecule has 6 nitrogen and oxygen atoms in total. The van der Waals surface area contributed by atoms with E-state index in [-0.39, 0.29) is 5.91 Å². The van der Waals surface area contributed by atoms with Gasteiger partial charge >= 0.3 is 0 Å². The molecular weight excluding hydrogens is 266 g/mol. The zero-order chi connectivity index (χ0) is 13.8. The third-order valence-electron chi connectivity index (χ3n) is 2.52. The summed E-state index contributed by atoms with van der Waals surface area (Å²) in [5, 5.41) is 0.600. The maximum atomic E-state index is 11.2. The van der Waals surface area contributed by atoms with Gasteiger partial charge in [-0.15, -0.1) is 0 Å². The number of benzene rings is 1. The lowest BCUT2D eigenvalue weighted by molar-refractivity contribution is -0.120. The molecule has 0 fully saturated rings. The highest BCUT2D eigenvalue weighted by Gasteiger charge is 2.11. The molecule has 1 aromatic heterocycles. The first-order chi connectivity index (χ1) is 9.17. The molecule has 0 unspecified atom stereocenters. The molecule has 0 radical (unpaired) electrons. The van der Waals surface area contributed by atoms with Crippen LogP contribution in [0.15, 0.2) is 12.1 Å². The second-order valence-electron chi connectivity index (χ2n) is 3.72. The summed E-state index contributed by atoms with van der Waals surface area (Å²) in [6, 6.07) is 3.65. The molecule has 2 aromatic rings. The van der Waals surface area contributed by atoms with E-state index in [4.69, 9.17) is 9.47 Å². The van der Waals surface area contributed by atoms with Gasteiger partial charge in [0.1, 0.15) is 17.0 Å². The molecule has 0 aliphatic carbocycles. The molecule has 7 heteroatoms. The Hall–Kier alpha value is -2.02. The number of hydrogen-bond acceptors (Lipinski definition) is 6. The van der Waals surface area contributed by atoms with Crippen LogP contribution in [0, 0.1) is 0 Å². The molecule has 1 amide bonds. The van der Waals surface area contributed by atoms with Crippen LogP contribution in [0.2, 0.25) is 0 Å². The smallest absolute Gasteiger partial charge is 0.238 e. The van der Waals surface area contributed by atoms with Crippen LogP contribution in [0.25, 0.3) is 10.2 Å². The van der Waals surface area contributed by atoms with Gasteiger partial charge in [-0.2, -0.15) is 0 Å². The van der Waals surface area contributed by atoms with Crippen LogP contribution in [-0.2, 0) is 4.79 Å². The summed E-state index contributed by atoms with van der Waals surface area (Å²) < 4.78 is 11.4. The van der Waals surface area contributed by atoms with Crippen molar-refractivity contribution in [3.05, 3.63) is 12.1 Å². The van der Waals surface area contributed by atoms with Crippen LogP contribution < -0.4 is 20.3 Å². The molecule has 19 heavy (non-hydrogen) atoms. The van der Waals surface area contributed by atoms with E-state index in [1.54, 1.807) is 27.2 Å². The number of thiazole rings is 1. The summed E-state index contributed by atoms with van der Waals surface area (Å²) in [5.74, 6) is 1.25. The number of rotatable bonds is 5. The van der Waals surface area contributed by atoms with Crippen LogP contribution >= 0.6 is 11.3 Å². The van der Waals surface area contributed by atoms with Gasteiger partial charge in [-0.1, -0.05) is 18.3 Å². The summed E-state index contributed by atoms with van der Waals surface area (Å²) in [4.78, 5) is 15.6. The molecule has 0 aliphatic heterocycles. The van der Waals surface area contributed by atoms with Crippen LogP contribution in [-0.4, -0.2) is 25.1 Å². The van der Waals surface area contributed by atoms with Crippen molar-refractivity contribution in [2.24, 2.45) is 0 Å². The number of aromatic nitrogens is 1. The van der Waals surface area contributed by atoms with E-state index < -0.39 is 0 Å². The van der Waals surface area contributed by atoms with Gasteiger partial charge in [0.2, 0.25) is 11.0 Å². The first-order valence-corrected chi connectivity index (χ1v) is 6.57. The number of carbonyl (C=O) groups is 1. The van der Waals surface area contributed by atoms with E-state index in [1.807, 2.05) is 6.07 Å². The maximum absolute atomic E-state index is 11.2. The van der Waals surface area contributed by atoms with Crippen molar-refractivity contribution in [2.45, 2.75) is 13.3 Å². The molecular formula is C12H15N3O3S. The predicted octanol–water partition coefficient (Wildman–Crippen LogP) is 2.17. The number of anilines is 1. The number of ether oxygens (including phenoxy) is 2. The van der Waals surface area contributed by atoms with Crippen LogP contribution in [0.4, 0.5) is 5.13 Å². The molecule has 1 heterocycles. The number of hydrazine groups is 1. The molecule has 2 N–H and O–H groups in total. The van der Waals surface area contributed by atoms with Crippen molar-refractivity contribution < 1.29 is 14.3 Å². The highest BCUT2D eigenvalue weighted by atomic mass is 32.1. The Kier molecular flexibility index (Phi) is 4.06. The van der Waals surface area contributed by atoms with E-state index >= 15 is 0 Å². The third-order valence-corrected chi connectivity index (χ3v) is 3.44. The summed E-state index contributed by atoms with van der Waals surface area (Å²) in [6.07, 6.45) is 0.412. The van der Waals surface area contributed by atoms with Crippen LogP contribution in [0.5, 0.6) is 11.5 Å². The zero-order valence-corrected chi connectivity index (χ0v) is 11.8. The number of nitrogens with one attached hydrogen (secondary N) is 2. The van der Waals surface area contributed by atoms with Crippen molar-refractivity contribution in [1.29, 1.82) is 0 Å². The lowest BCUT2D eigenvalue weighted by atomic mass is 10.3. The number of nitrogens with zero attached hydrogens (tertiary/aromatic N) is 1. The van der Waals surface area contributed by atoms with Crippen molar-refractivity contribution in [3.63, 3.8) is 0 Å². The lowest BCUT2D eigenvalue weighted by Gasteiger charge is -2.04. The van der Waals surface area contributed by atoms with Crippen molar-refractivity contribution in [1.82, 2.24) is 10.4 Å². The van der Waals surface area contributed by atoms with Gasteiger partial charge in [0.25, 0.3) is 0 Å². The topological polar surface area (TPSA) is 72.5 Å². The fourth-order valence-corrected chi connectivity index (χ4v) is 2.38. The minimum Gasteiger partial charge on any atom is -0.497 e. The highest BCUT2D eigenvalue weighted by molar-refractivity contribution is 7.22. The summed E-state index contributed by atoms with van der Waals surface area (Å²) >= 11 is 1.41. The standard InChI is InChI=1S/C12H15N3O3S/c1-4-10(16)14-15-12-13-11-8(18-3)5-7(17-2)6-9(11)19-12/h5-6H,4H2,1-3H3,(H,13,15)(H,14,16). The number of methoxy groups -OCH3 is 2. The Bertz CT molecular complexity index is 597. The van der Waals surface area contributed by atoms with Gasteiger partial charge in [0, 0.05) is 12.5 Å². The maximum Gasteiger partial charge on any atom is 0.238 e. The summed E-state index contributed by atoms with van der Waals surface area (Å²) in [5.41, 5.74) is 6.09. The second kappa shape index (κ2) is 5.75. The second-order valence-corrected chi connectivity index (χ2v) is 4.75. The van der Waals surface area contributed by atoms with E-state index in [9.17, 15) is 4.79 Å². The molecule has 102 valence electrons. The molecule has 0 saturated carbocycles. The molecule has 1 aromatic carbocycles.